The highest BCUT2D eigenvalue weighted by Gasteiger charge is 2.36. The smallest absolute Gasteiger partial charge is 0.211 e. The van der Waals surface area contributed by atoms with Crippen LogP contribution < -0.4 is 4.90 Å². The van der Waals surface area contributed by atoms with Gasteiger partial charge in [-0.25, -0.2) is 22.7 Å². The average molecular weight is 296 g/mol. The zero-order chi connectivity index (χ0) is 14.3. The third-order valence-corrected chi connectivity index (χ3v) is 5.21. The Morgan fingerprint density at radius 1 is 1.20 bits per heavy atom. The number of aromatic nitrogens is 2. The first-order valence-electron chi connectivity index (χ1n) is 6.99. The van der Waals surface area contributed by atoms with Crippen molar-refractivity contribution in [3.63, 3.8) is 0 Å². The standard InChI is InChI=1S/C13H20N4O2S/c1-10-7-12(16-5-3-4-6-16)15-13(14-10)11-8-17(9-11)20(2,18)19/h7,11H,3-6,8-9H2,1-2H3. The third-order valence-electron chi connectivity index (χ3n) is 3.97. The molecule has 2 saturated heterocycles. The second kappa shape index (κ2) is 4.96. The van der Waals surface area contributed by atoms with Crippen LogP contribution in [0.25, 0.3) is 0 Å². The summed E-state index contributed by atoms with van der Waals surface area (Å²) >= 11 is 0. The fourth-order valence-corrected chi connectivity index (χ4v) is 3.64. The fraction of sp³-hybridized carbons (Fsp3) is 0.692. The van der Waals surface area contributed by atoms with Crippen LogP contribution in [0.5, 0.6) is 0 Å². The monoisotopic (exact) mass is 296 g/mol. The van der Waals surface area contributed by atoms with Crippen LogP contribution in [-0.2, 0) is 10.0 Å². The van der Waals surface area contributed by atoms with Gasteiger partial charge in [0.2, 0.25) is 10.0 Å². The van der Waals surface area contributed by atoms with E-state index in [1.165, 1.54) is 23.4 Å². The van der Waals surface area contributed by atoms with Crippen molar-refractivity contribution in [3.8, 4) is 0 Å². The number of sulfonamides is 1. The Bertz CT molecular complexity index is 605. The summed E-state index contributed by atoms with van der Waals surface area (Å²) in [6.45, 7) is 5.08. The first kappa shape index (κ1) is 13.8. The lowest BCUT2D eigenvalue weighted by Gasteiger charge is -2.36. The van der Waals surface area contributed by atoms with Gasteiger partial charge in [0, 0.05) is 43.9 Å². The maximum atomic E-state index is 11.4. The molecule has 2 fully saturated rings. The van der Waals surface area contributed by atoms with E-state index in [0.29, 0.717) is 13.1 Å². The Kier molecular flexibility index (Phi) is 3.41. The molecule has 6 nitrogen and oxygen atoms in total. The van der Waals surface area contributed by atoms with Crippen LogP contribution in [0.3, 0.4) is 0 Å². The van der Waals surface area contributed by atoms with Gasteiger partial charge in [0.25, 0.3) is 0 Å². The van der Waals surface area contributed by atoms with Gasteiger partial charge >= 0.3 is 0 Å². The molecule has 2 aliphatic rings. The Balaban J connectivity index is 1.78. The van der Waals surface area contributed by atoms with Gasteiger partial charge in [-0.05, 0) is 19.8 Å². The molecule has 0 aliphatic carbocycles. The number of aryl methyl sites for hydroxylation is 1. The summed E-state index contributed by atoms with van der Waals surface area (Å²) in [6.07, 6.45) is 3.67. The minimum atomic E-state index is -3.08. The highest BCUT2D eigenvalue weighted by atomic mass is 32.2. The van der Waals surface area contributed by atoms with E-state index in [-0.39, 0.29) is 5.92 Å². The predicted octanol–water partition coefficient (Wildman–Crippen LogP) is 0.744. The second-order valence-electron chi connectivity index (χ2n) is 5.70. The Hall–Kier alpha value is -1.21. The SMILES string of the molecule is Cc1cc(N2CCCC2)nc(C2CN(S(C)(=O)=O)C2)n1. The van der Waals surface area contributed by atoms with Crippen LogP contribution in [0.1, 0.15) is 30.3 Å². The van der Waals surface area contributed by atoms with Crippen LogP contribution in [0.15, 0.2) is 6.07 Å². The normalized spacial score (nSPS) is 21.2. The average Bonchev–Trinajstić information content (AvgIpc) is 2.76. The highest BCUT2D eigenvalue weighted by Crippen LogP contribution is 2.28. The largest absolute Gasteiger partial charge is 0.357 e. The molecule has 0 N–H and O–H groups in total. The summed E-state index contributed by atoms with van der Waals surface area (Å²) in [4.78, 5) is 11.4. The molecule has 3 heterocycles. The molecule has 20 heavy (non-hydrogen) atoms. The molecular weight excluding hydrogens is 276 g/mol. The van der Waals surface area contributed by atoms with E-state index in [0.717, 1.165) is 30.4 Å². The Labute approximate surface area is 119 Å². The summed E-state index contributed by atoms with van der Waals surface area (Å²) < 4.78 is 24.3. The minimum Gasteiger partial charge on any atom is -0.357 e. The summed E-state index contributed by atoms with van der Waals surface area (Å²) in [6, 6.07) is 2.02. The van der Waals surface area contributed by atoms with Crippen molar-refractivity contribution in [1.29, 1.82) is 0 Å². The highest BCUT2D eigenvalue weighted by molar-refractivity contribution is 7.88. The van der Waals surface area contributed by atoms with E-state index in [1.54, 1.807) is 0 Å². The molecule has 0 aromatic carbocycles. The van der Waals surface area contributed by atoms with Gasteiger partial charge in [-0.15, -0.1) is 0 Å². The van der Waals surface area contributed by atoms with E-state index in [1.807, 2.05) is 13.0 Å². The van der Waals surface area contributed by atoms with Crippen LogP contribution in [0, 0.1) is 6.92 Å². The molecule has 110 valence electrons. The maximum absolute atomic E-state index is 11.4. The molecule has 2 aliphatic heterocycles. The lowest BCUT2D eigenvalue weighted by molar-refractivity contribution is 0.257. The van der Waals surface area contributed by atoms with Gasteiger partial charge in [-0.3, -0.25) is 0 Å². The summed E-state index contributed by atoms with van der Waals surface area (Å²) in [5, 5.41) is 0. The van der Waals surface area contributed by atoms with Crippen molar-refractivity contribution in [1.82, 2.24) is 14.3 Å². The molecule has 0 amide bonds. The topological polar surface area (TPSA) is 66.4 Å². The molecule has 1 aromatic rings. The van der Waals surface area contributed by atoms with Crippen molar-refractivity contribution in [3.05, 3.63) is 17.6 Å². The van der Waals surface area contributed by atoms with E-state index in [4.69, 9.17) is 0 Å². The lowest BCUT2D eigenvalue weighted by atomic mass is 10.0. The van der Waals surface area contributed by atoms with Crippen LogP contribution in [-0.4, -0.2) is 55.1 Å². The van der Waals surface area contributed by atoms with Crippen LogP contribution >= 0.6 is 0 Å². The van der Waals surface area contributed by atoms with Crippen molar-refractivity contribution < 1.29 is 8.42 Å². The van der Waals surface area contributed by atoms with Crippen molar-refractivity contribution in [2.75, 3.05) is 37.3 Å². The molecular formula is C13H20N4O2S. The van der Waals surface area contributed by atoms with Gasteiger partial charge in [0.1, 0.15) is 11.6 Å². The van der Waals surface area contributed by atoms with Gasteiger partial charge in [-0.2, -0.15) is 0 Å². The van der Waals surface area contributed by atoms with Gasteiger partial charge in [0.05, 0.1) is 6.26 Å². The lowest BCUT2D eigenvalue weighted by Crippen LogP contribution is -2.48. The number of nitrogens with zero attached hydrogens (tertiary/aromatic N) is 4. The van der Waals surface area contributed by atoms with Crippen LogP contribution in [0.2, 0.25) is 0 Å². The minimum absolute atomic E-state index is 0.131. The molecule has 0 atom stereocenters. The van der Waals surface area contributed by atoms with Crippen molar-refractivity contribution in [2.45, 2.75) is 25.7 Å². The molecule has 0 saturated carbocycles. The quantitative estimate of drug-likeness (QED) is 0.823. The summed E-state index contributed by atoms with van der Waals surface area (Å²) in [5.41, 5.74) is 0.953. The van der Waals surface area contributed by atoms with Crippen molar-refractivity contribution >= 4 is 15.8 Å². The van der Waals surface area contributed by atoms with Gasteiger partial charge < -0.3 is 4.90 Å². The molecule has 0 bridgehead atoms. The van der Waals surface area contributed by atoms with Gasteiger partial charge in [0.15, 0.2) is 0 Å². The number of hydrogen-bond donors (Lipinski definition) is 0. The molecule has 0 radical (unpaired) electrons. The van der Waals surface area contributed by atoms with E-state index in [9.17, 15) is 8.42 Å². The Morgan fingerprint density at radius 2 is 1.85 bits per heavy atom. The van der Waals surface area contributed by atoms with Crippen LogP contribution in [0.4, 0.5) is 5.82 Å². The Morgan fingerprint density at radius 3 is 2.45 bits per heavy atom. The number of anilines is 1. The zero-order valence-electron chi connectivity index (χ0n) is 11.9. The van der Waals surface area contributed by atoms with E-state index >= 15 is 0 Å². The number of hydrogen-bond acceptors (Lipinski definition) is 5. The van der Waals surface area contributed by atoms with Crippen molar-refractivity contribution in [2.24, 2.45) is 0 Å². The molecule has 0 spiro atoms. The first-order valence-corrected chi connectivity index (χ1v) is 8.84. The predicted molar refractivity (Wildman–Crippen MR) is 77.4 cm³/mol. The molecule has 3 rings (SSSR count). The third kappa shape index (κ3) is 2.64. The molecule has 1 aromatic heterocycles. The summed E-state index contributed by atoms with van der Waals surface area (Å²) in [7, 11) is -3.08. The number of rotatable bonds is 3. The molecule has 7 heteroatoms. The van der Waals surface area contributed by atoms with Gasteiger partial charge in [-0.1, -0.05) is 0 Å². The maximum Gasteiger partial charge on any atom is 0.211 e. The molecule has 0 unspecified atom stereocenters. The summed E-state index contributed by atoms with van der Waals surface area (Å²) in [5.74, 6) is 1.90. The van der Waals surface area contributed by atoms with E-state index < -0.39 is 10.0 Å². The zero-order valence-corrected chi connectivity index (χ0v) is 12.7. The first-order chi connectivity index (χ1) is 9.43. The van der Waals surface area contributed by atoms with E-state index in [2.05, 4.69) is 14.9 Å². The fourth-order valence-electron chi connectivity index (χ4n) is 2.74. The second-order valence-corrected chi connectivity index (χ2v) is 7.68.